The van der Waals surface area contributed by atoms with Gasteiger partial charge < -0.3 is 9.53 Å². The van der Waals surface area contributed by atoms with Crippen molar-refractivity contribution < 1.29 is 19.1 Å². The molecule has 0 radical (unpaired) electrons. The van der Waals surface area contributed by atoms with Crippen molar-refractivity contribution in [1.82, 2.24) is 0 Å². The number of rotatable bonds is 7. The summed E-state index contributed by atoms with van der Waals surface area (Å²) in [5.74, 6) is -1.10. The van der Waals surface area contributed by atoms with E-state index in [1.807, 2.05) is 50.3 Å². The Bertz CT molecular complexity index is 873. The van der Waals surface area contributed by atoms with Crippen molar-refractivity contribution in [3.8, 4) is 0 Å². The van der Waals surface area contributed by atoms with Gasteiger partial charge in [-0.2, -0.15) is 0 Å². The number of aldehydes is 1. The van der Waals surface area contributed by atoms with Crippen LogP contribution in [0.1, 0.15) is 22.3 Å². The molecule has 2 rings (SSSR count). The molecule has 5 heteroatoms. The minimum Gasteiger partial charge on any atom is -0.468 e. The molecule has 0 aliphatic carbocycles. The number of carbonyl (C=O) groups is 3. The molecule has 0 aromatic heterocycles. The number of esters is 1. The highest BCUT2D eigenvalue weighted by Crippen LogP contribution is 2.47. The van der Waals surface area contributed by atoms with Gasteiger partial charge in [-0.3, -0.25) is 9.59 Å². The average molecular weight is 384 g/mol. The zero-order valence-electron chi connectivity index (χ0n) is 16.1. The molecule has 0 saturated carbocycles. The van der Waals surface area contributed by atoms with E-state index in [4.69, 9.17) is 4.74 Å². The highest BCUT2D eigenvalue weighted by Gasteiger charge is 2.51. The van der Waals surface area contributed by atoms with E-state index in [-0.39, 0.29) is 6.42 Å². The molecule has 0 bridgehead atoms. The fraction of sp³-hybridized carbons (Fsp3) is 0.273. The molecule has 0 spiro atoms. The number of hydrogen-bond donors (Lipinski definition) is 0. The lowest BCUT2D eigenvalue weighted by Gasteiger charge is -2.35. The van der Waals surface area contributed by atoms with E-state index in [9.17, 15) is 14.4 Å². The van der Waals surface area contributed by atoms with E-state index in [0.717, 1.165) is 5.56 Å². The van der Waals surface area contributed by atoms with Crippen LogP contribution in [0.15, 0.2) is 60.7 Å². The zero-order valence-corrected chi connectivity index (χ0v) is 17.0. The maximum Gasteiger partial charge on any atom is 0.324 e. The van der Waals surface area contributed by atoms with E-state index in [1.165, 1.54) is 7.11 Å². The number of ketones is 1. The maximum atomic E-state index is 13.7. The van der Waals surface area contributed by atoms with Crippen LogP contribution < -0.4 is 0 Å². The van der Waals surface area contributed by atoms with Gasteiger partial charge in [-0.1, -0.05) is 60.7 Å². The van der Waals surface area contributed by atoms with Gasteiger partial charge in [0.05, 0.1) is 7.11 Å². The highest BCUT2D eigenvalue weighted by atomic mass is 31.2. The lowest BCUT2D eigenvalue weighted by molar-refractivity contribution is -0.147. The first-order chi connectivity index (χ1) is 12.8. The van der Waals surface area contributed by atoms with Crippen molar-refractivity contribution in [2.24, 2.45) is 5.41 Å². The first-order valence-electron chi connectivity index (χ1n) is 8.65. The number of methoxy groups -OCH3 is 1. The van der Waals surface area contributed by atoms with Gasteiger partial charge in [-0.05, 0) is 30.9 Å². The molecule has 2 aromatic rings. The topological polar surface area (TPSA) is 60.4 Å². The van der Waals surface area contributed by atoms with Gasteiger partial charge in [0.25, 0.3) is 0 Å². The Labute approximate surface area is 160 Å². The molecule has 0 amide bonds. The summed E-state index contributed by atoms with van der Waals surface area (Å²) in [7, 11) is 1.25. The van der Waals surface area contributed by atoms with Crippen LogP contribution in [-0.4, -0.2) is 50.4 Å². The summed E-state index contributed by atoms with van der Waals surface area (Å²) < 4.78 is 5.09. The molecule has 1 unspecified atom stereocenters. The van der Waals surface area contributed by atoms with E-state index < -0.39 is 24.1 Å². The number of hydrogen-bond acceptors (Lipinski definition) is 4. The van der Waals surface area contributed by atoms with Gasteiger partial charge in [0.15, 0.2) is 11.2 Å². The van der Waals surface area contributed by atoms with Gasteiger partial charge in [0.1, 0.15) is 6.29 Å². The van der Waals surface area contributed by atoms with Crippen LogP contribution in [0.4, 0.5) is 0 Å². The number of carbonyl (C=O) groups excluding carboxylic acids is 3. The van der Waals surface area contributed by atoms with Crippen molar-refractivity contribution in [2.45, 2.75) is 6.42 Å². The van der Waals surface area contributed by atoms with Gasteiger partial charge in [-0.15, -0.1) is 6.89 Å². The molecule has 2 aromatic carbocycles. The highest BCUT2D eigenvalue weighted by molar-refractivity contribution is 7.74. The average Bonchev–Trinajstić information content (AvgIpc) is 2.66. The van der Waals surface area contributed by atoms with Crippen molar-refractivity contribution >= 4 is 30.2 Å². The molecule has 0 fully saturated rings. The summed E-state index contributed by atoms with van der Waals surface area (Å²) >= 11 is 0. The standard InChI is InChI=1S/C22H25O4P/c1-26-21(25)22(15-16-23,19(24)17-11-7-5-8-12-17)20(27(2,3)4)18-13-9-6-10-14-18/h5-14,16H,15H2,1-4H3. The van der Waals surface area contributed by atoms with Crippen LogP contribution in [0.5, 0.6) is 0 Å². The first kappa shape index (κ1) is 20.9. The normalized spacial score (nSPS) is 13.3. The Hall–Kier alpha value is -2.45. The third-order valence-electron chi connectivity index (χ3n) is 4.47. The summed E-state index contributed by atoms with van der Waals surface area (Å²) in [4.78, 5) is 38.4. The van der Waals surface area contributed by atoms with Gasteiger partial charge in [0, 0.05) is 12.0 Å². The van der Waals surface area contributed by atoms with Crippen LogP contribution in [0.2, 0.25) is 0 Å². The van der Waals surface area contributed by atoms with Crippen molar-refractivity contribution in [1.29, 1.82) is 0 Å². The molecule has 0 saturated heterocycles. The Morgan fingerprint density at radius 1 is 0.926 bits per heavy atom. The zero-order chi connectivity index (χ0) is 20.1. The minimum absolute atomic E-state index is 0.255. The first-order valence-corrected chi connectivity index (χ1v) is 11.8. The second-order valence-corrected chi connectivity index (χ2v) is 11.7. The predicted molar refractivity (Wildman–Crippen MR) is 111 cm³/mol. The van der Waals surface area contributed by atoms with Crippen LogP contribution in [0.25, 0.3) is 0 Å². The molecular weight excluding hydrogens is 359 g/mol. The molecule has 4 nitrogen and oxygen atoms in total. The summed E-state index contributed by atoms with van der Waals surface area (Å²) in [5.41, 5.74) is -0.507. The molecular formula is C22H25O4P. The van der Waals surface area contributed by atoms with Gasteiger partial charge >= 0.3 is 5.97 Å². The van der Waals surface area contributed by atoms with Crippen molar-refractivity contribution in [3.63, 3.8) is 0 Å². The fourth-order valence-electron chi connectivity index (χ4n) is 3.51. The Morgan fingerprint density at radius 2 is 1.41 bits per heavy atom. The third-order valence-corrected chi connectivity index (χ3v) is 6.45. The second kappa shape index (κ2) is 8.49. The van der Waals surface area contributed by atoms with Crippen LogP contribution in [0.3, 0.4) is 0 Å². The Balaban J connectivity index is 2.92. The molecule has 0 N–H and O–H groups in total. The Morgan fingerprint density at radius 3 is 1.81 bits per heavy atom. The largest absolute Gasteiger partial charge is 0.468 e. The number of benzene rings is 2. The monoisotopic (exact) mass is 384 g/mol. The molecule has 142 valence electrons. The second-order valence-electron chi connectivity index (χ2n) is 7.19. The van der Waals surface area contributed by atoms with Crippen LogP contribution in [0, 0.1) is 5.41 Å². The van der Waals surface area contributed by atoms with Crippen molar-refractivity contribution in [2.75, 3.05) is 27.1 Å². The molecule has 27 heavy (non-hydrogen) atoms. The van der Waals surface area contributed by atoms with E-state index in [1.54, 1.807) is 30.3 Å². The Kier molecular flexibility index (Phi) is 6.56. The van der Waals surface area contributed by atoms with Crippen LogP contribution in [-0.2, 0) is 14.3 Å². The van der Waals surface area contributed by atoms with E-state index >= 15 is 0 Å². The lowest BCUT2D eigenvalue weighted by Crippen LogP contribution is -2.48. The van der Waals surface area contributed by atoms with E-state index in [2.05, 4.69) is 0 Å². The molecule has 0 heterocycles. The van der Waals surface area contributed by atoms with Gasteiger partial charge in [0.2, 0.25) is 0 Å². The SMILES string of the molecule is COC(=O)C(CC=O)(C(=O)c1ccccc1)C(c1ccccc1)=P(C)(C)C. The van der Waals surface area contributed by atoms with Gasteiger partial charge in [-0.25, -0.2) is 0 Å². The quantitative estimate of drug-likeness (QED) is 0.240. The minimum atomic E-state index is -1.90. The molecule has 1 atom stereocenters. The van der Waals surface area contributed by atoms with E-state index in [0.29, 0.717) is 17.1 Å². The maximum absolute atomic E-state index is 13.7. The summed E-state index contributed by atoms with van der Waals surface area (Å²) in [6.45, 7) is 4.21. The smallest absolute Gasteiger partial charge is 0.324 e. The predicted octanol–water partition coefficient (Wildman–Crippen LogP) is 3.75. The fourth-order valence-corrected chi connectivity index (χ4v) is 5.86. The van der Waals surface area contributed by atoms with Crippen LogP contribution >= 0.6 is 6.89 Å². The summed E-state index contributed by atoms with van der Waals surface area (Å²) in [5, 5.41) is 0.684. The number of Topliss-reactive ketones (excluding diaryl/α,β-unsaturated/α-hetero) is 1. The molecule has 0 aliphatic heterocycles. The van der Waals surface area contributed by atoms with Crippen molar-refractivity contribution in [3.05, 3.63) is 71.8 Å². The summed E-state index contributed by atoms with van der Waals surface area (Å²) in [6.07, 6.45) is 0.380. The lowest BCUT2D eigenvalue weighted by atomic mass is 9.73. The summed E-state index contributed by atoms with van der Waals surface area (Å²) in [6, 6.07) is 18.0. The molecule has 0 aliphatic rings. The third kappa shape index (κ3) is 4.12. The number of ether oxygens (including phenoxy) is 1.